The zero-order valence-corrected chi connectivity index (χ0v) is 12.7. The van der Waals surface area contributed by atoms with Crippen LogP contribution in [-0.2, 0) is 10.0 Å². The van der Waals surface area contributed by atoms with Crippen molar-refractivity contribution >= 4 is 16.0 Å². The van der Waals surface area contributed by atoms with Gasteiger partial charge in [0, 0.05) is 5.54 Å². The number of carboxylic acid groups (broad SMARTS) is 1. The number of sulfonamides is 1. The van der Waals surface area contributed by atoms with Crippen molar-refractivity contribution in [2.45, 2.75) is 44.0 Å². The Labute approximate surface area is 122 Å². The lowest BCUT2D eigenvalue weighted by molar-refractivity contribution is 0.0685. The summed E-state index contributed by atoms with van der Waals surface area (Å²) in [6, 6.07) is 1.33. The van der Waals surface area contributed by atoms with Gasteiger partial charge < -0.3 is 5.11 Å². The molecular formula is C13H17F2NO4S. The van der Waals surface area contributed by atoms with Crippen LogP contribution in [0.3, 0.4) is 0 Å². The Bertz CT molecular complexity index is 654. The number of nitrogens with one attached hydrogen (secondary N) is 1. The topological polar surface area (TPSA) is 83.5 Å². The van der Waals surface area contributed by atoms with E-state index in [0.29, 0.717) is 25.0 Å². The molecule has 0 aliphatic carbocycles. The van der Waals surface area contributed by atoms with E-state index in [1.807, 2.05) is 0 Å². The fraction of sp³-hybridized carbons (Fsp3) is 0.462. The van der Waals surface area contributed by atoms with Gasteiger partial charge in [-0.2, -0.15) is 0 Å². The van der Waals surface area contributed by atoms with Gasteiger partial charge in [0.2, 0.25) is 10.0 Å². The highest BCUT2D eigenvalue weighted by molar-refractivity contribution is 7.89. The molecule has 5 nitrogen and oxygen atoms in total. The van der Waals surface area contributed by atoms with Crippen molar-refractivity contribution in [2.24, 2.45) is 0 Å². The average Bonchev–Trinajstić information content (AvgIpc) is 2.37. The van der Waals surface area contributed by atoms with Gasteiger partial charge in [0.15, 0.2) is 5.82 Å². The van der Waals surface area contributed by atoms with Crippen LogP contribution in [-0.4, -0.2) is 25.0 Å². The molecule has 1 aromatic rings. The van der Waals surface area contributed by atoms with Crippen molar-refractivity contribution in [2.75, 3.05) is 0 Å². The first kappa shape index (κ1) is 17.5. The maximum absolute atomic E-state index is 14.0. The van der Waals surface area contributed by atoms with Gasteiger partial charge in [-0.25, -0.2) is 26.7 Å². The number of carbonyl (C=O) groups is 1. The molecule has 8 heteroatoms. The van der Waals surface area contributed by atoms with Crippen LogP contribution in [0.1, 0.15) is 44.0 Å². The molecule has 1 aromatic carbocycles. The third-order valence-corrected chi connectivity index (χ3v) is 5.16. The summed E-state index contributed by atoms with van der Waals surface area (Å²) in [5.41, 5.74) is -2.09. The smallest absolute Gasteiger partial charge is 0.341 e. The second-order valence-corrected chi connectivity index (χ2v) is 6.56. The van der Waals surface area contributed by atoms with Crippen molar-refractivity contribution in [3.05, 3.63) is 29.3 Å². The van der Waals surface area contributed by atoms with E-state index in [2.05, 4.69) is 4.72 Å². The Balaban J connectivity index is 3.40. The molecule has 21 heavy (non-hydrogen) atoms. The minimum atomic E-state index is -4.30. The first-order valence-electron chi connectivity index (χ1n) is 6.33. The van der Waals surface area contributed by atoms with Gasteiger partial charge >= 0.3 is 5.97 Å². The normalized spacial score (nSPS) is 12.4. The summed E-state index contributed by atoms with van der Waals surface area (Å²) in [6.07, 6.45) is 0.911. The molecule has 0 spiro atoms. The Morgan fingerprint density at radius 3 is 2.24 bits per heavy atom. The molecule has 0 saturated carbocycles. The highest BCUT2D eigenvalue weighted by Crippen LogP contribution is 2.24. The predicted octanol–water partition coefficient (Wildman–Crippen LogP) is 2.52. The molecule has 2 N–H and O–H groups in total. The molecule has 0 aliphatic heterocycles. The van der Waals surface area contributed by atoms with Gasteiger partial charge in [0.05, 0.1) is 0 Å². The molecule has 1 rings (SSSR count). The predicted molar refractivity (Wildman–Crippen MR) is 72.6 cm³/mol. The van der Waals surface area contributed by atoms with Gasteiger partial charge in [0.1, 0.15) is 16.3 Å². The zero-order valence-electron chi connectivity index (χ0n) is 11.9. The fourth-order valence-corrected chi connectivity index (χ4v) is 3.34. The summed E-state index contributed by atoms with van der Waals surface area (Å²) in [7, 11) is -4.30. The average molecular weight is 321 g/mol. The number of halogens is 2. The second kappa shape index (κ2) is 6.07. The molecule has 0 atom stereocenters. The number of benzene rings is 1. The lowest BCUT2D eigenvalue weighted by Crippen LogP contribution is -2.45. The molecule has 0 radical (unpaired) electrons. The summed E-state index contributed by atoms with van der Waals surface area (Å²) in [5, 5.41) is 8.77. The van der Waals surface area contributed by atoms with Crippen molar-refractivity contribution < 1.29 is 27.1 Å². The summed E-state index contributed by atoms with van der Waals surface area (Å²) < 4.78 is 54.1. The molecule has 0 amide bonds. The number of carboxylic acids is 1. The molecule has 0 aliphatic rings. The van der Waals surface area contributed by atoms with Gasteiger partial charge in [-0.15, -0.1) is 0 Å². The highest BCUT2D eigenvalue weighted by atomic mass is 32.2. The van der Waals surface area contributed by atoms with E-state index in [9.17, 15) is 22.0 Å². The first-order chi connectivity index (χ1) is 9.58. The van der Waals surface area contributed by atoms with Crippen LogP contribution < -0.4 is 4.72 Å². The highest BCUT2D eigenvalue weighted by Gasteiger charge is 2.32. The number of aromatic carboxylic acids is 1. The van der Waals surface area contributed by atoms with Crippen molar-refractivity contribution in [3.63, 3.8) is 0 Å². The molecule has 0 saturated heterocycles. The van der Waals surface area contributed by atoms with Crippen molar-refractivity contribution in [1.82, 2.24) is 4.72 Å². The molecule has 0 aromatic heterocycles. The van der Waals surface area contributed by atoms with Crippen LogP contribution in [0, 0.1) is 11.6 Å². The van der Waals surface area contributed by atoms with Crippen LogP contribution in [0.15, 0.2) is 17.0 Å². The Kier molecular flexibility index (Phi) is 5.06. The van der Waals surface area contributed by atoms with Crippen LogP contribution in [0.25, 0.3) is 0 Å². The van der Waals surface area contributed by atoms with E-state index in [0.717, 1.165) is 0 Å². The SMILES string of the molecule is CCC(C)(CC)NS(=O)(=O)c1ccc(F)c(C(=O)O)c1F. The van der Waals surface area contributed by atoms with E-state index in [4.69, 9.17) is 5.11 Å². The Morgan fingerprint density at radius 1 is 1.29 bits per heavy atom. The first-order valence-corrected chi connectivity index (χ1v) is 7.81. The quantitative estimate of drug-likeness (QED) is 0.843. The third kappa shape index (κ3) is 3.56. The number of hydrogen-bond acceptors (Lipinski definition) is 3. The molecule has 0 bridgehead atoms. The summed E-state index contributed by atoms with van der Waals surface area (Å²) in [6.45, 7) is 5.16. The zero-order chi connectivity index (χ0) is 16.4. The maximum Gasteiger partial charge on any atom is 0.341 e. The van der Waals surface area contributed by atoms with Crippen LogP contribution in [0.4, 0.5) is 8.78 Å². The second-order valence-electron chi connectivity index (χ2n) is 4.91. The molecule has 0 fully saturated rings. The standard InChI is InChI=1S/C13H17F2NO4S/c1-4-13(3,5-2)16-21(19,20)9-7-6-8(14)10(11(9)15)12(17)18/h6-7,16H,4-5H2,1-3H3,(H,17,18). The largest absolute Gasteiger partial charge is 0.477 e. The maximum atomic E-state index is 14.0. The monoisotopic (exact) mass is 321 g/mol. The Morgan fingerprint density at radius 2 is 1.81 bits per heavy atom. The van der Waals surface area contributed by atoms with Gasteiger partial charge in [-0.1, -0.05) is 13.8 Å². The van der Waals surface area contributed by atoms with E-state index in [1.165, 1.54) is 0 Å². The summed E-state index contributed by atoms with van der Waals surface area (Å²) in [4.78, 5) is 9.94. The van der Waals surface area contributed by atoms with Crippen molar-refractivity contribution in [1.29, 1.82) is 0 Å². The van der Waals surface area contributed by atoms with Crippen LogP contribution >= 0.6 is 0 Å². The van der Waals surface area contributed by atoms with E-state index < -0.39 is 43.6 Å². The van der Waals surface area contributed by atoms with Gasteiger partial charge in [0.25, 0.3) is 0 Å². The number of rotatable bonds is 6. The van der Waals surface area contributed by atoms with Gasteiger partial charge in [-0.05, 0) is 31.9 Å². The fourth-order valence-electron chi connectivity index (χ4n) is 1.71. The summed E-state index contributed by atoms with van der Waals surface area (Å²) >= 11 is 0. The molecule has 118 valence electrons. The lowest BCUT2D eigenvalue weighted by Gasteiger charge is -2.27. The minimum absolute atomic E-state index is 0.456. The Hall–Kier alpha value is -1.54. The summed E-state index contributed by atoms with van der Waals surface area (Å²) in [5.74, 6) is -4.80. The van der Waals surface area contributed by atoms with Crippen molar-refractivity contribution in [3.8, 4) is 0 Å². The van der Waals surface area contributed by atoms with E-state index >= 15 is 0 Å². The van der Waals surface area contributed by atoms with Gasteiger partial charge in [-0.3, -0.25) is 0 Å². The minimum Gasteiger partial charge on any atom is -0.477 e. The molecule has 0 heterocycles. The number of hydrogen-bond donors (Lipinski definition) is 2. The third-order valence-electron chi connectivity index (χ3n) is 3.50. The molecule has 0 unspecified atom stereocenters. The van der Waals surface area contributed by atoms with Crippen LogP contribution in [0.2, 0.25) is 0 Å². The van der Waals surface area contributed by atoms with E-state index in [-0.39, 0.29) is 0 Å². The van der Waals surface area contributed by atoms with Crippen LogP contribution in [0.5, 0.6) is 0 Å². The molecular weight excluding hydrogens is 304 g/mol. The van der Waals surface area contributed by atoms with E-state index in [1.54, 1.807) is 20.8 Å². The lowest BCUT2D eigenvalue weighted by atomic mass is 9.98.